The van der Waals surface area contributed by atoms with Gasteiger partial charge in [0.2, 0.25) is 0 Å². The van der Waals surface area contributed by atoms with Gasteiger partial charge in [0, 0.05) is 12.0 Å². The van der Waals surface area contributed by atoms with E-state index >= 15 is 0 Å². The molecule has 0 aliphatic carbocycles. The number of aliphatic carboxylic acids is 1. The van der Waals surface area contributed by atoms with Crippen LogP contribution < -0.4 is 0 Å². The van der Waals surface area contributed by atoms with Crippen LogP contribution in [0.25, 0.3) is 0 Å². The molecule has 17 heavy (non-hydrogen) atoms. The molecule has 0 radical (unpaired) electrons. The van der Waals surface area contributed by atoms with E-state index in [4.69, 9.17) is 21.8 Å². The van der Waals surface area contributed by atoms with Crippen molar-refractivity contribution in [3.05, 3.63) is 22.7 Å². The van der Waals surface area contributed by atoms with Crippen LogP contribution in [0.3, 0.4) is 0 Å². The lowest BCUT2D eigenvalue weighted by Gasteiger charge is -2.31. The molecule has 1 aromatic rings. The molecule has 0 aromatic carbocycles. The zero-order valence-electron chi connectivity index (χ0n) is 8.50. The van der Waals surface area contributed by atoms with Crippen LogP contribution in [0.5, 0.6) is 0 Å². The maximum Gasteiger partial charge on any atom is 0.408 e. The maximum absolute atomic E-state index is 11.0. The number of hydrogen-bond acceptors (Lipinski definition) is 4. The molecule has 1 aliphatic rings. The van der Waals surface area contributed by atoms with Gasteiger partial charge in [-0.15, -0.1) is 0 Å². The summed E-state index contributed by atoms with van der Waals surface area (Å²) >= 11 is 5.82. The van der Waals surface area contributed by atoms with Crippen LogP contribution in [-0.2, 0) is 17.8 Å². The summed E-state index contributed by atoms with van der Waals surface area (Å²) in [4.78, 5) is 30.4. The van der Waals surface area contributed by atoms with Crippen LogP contribution in [-0.4, -0.2) is 43.2 Å². The number of carboxylic acid groups (broad SMARTS) is 2. The fourth-order valence-corrected chi connectivity index (χ4v) is 1.96. The molecule has 7 nitrogen and oxygen atoms in total. The predicted octanol–water partition coefficient (Wildman–Crippen LogP) is 0.619. The van der Waals surface area contributed by atoms with Crippen LogP contribution in [0.15, 0.2) is 6.33 Å². The Balaban J connectivity index is 2.43. The minimum Gasteiger partial charge on any atom is -0.480 e. The number of nitrogens with zero attached hydrogens (tertiary/aromatic N) is 3. The quantitative estimate of drug-likeness (QED) is 0.715. The van der Waals surface area contributed by atoms with Gasteiger partial charge in [0.15, 0.2) is 0 Å². The second kappa shape index (κ2) is 4.17. The number of fused-ring (bicyclic) bond motifs is 1. The summed E-state index contributed by atoms with van der Waals surface area (Å²) in [6.45, 7) is -0.110. The Hall–Kier alpha value is -1.89. The molecule has 0 saturated heterocycles. The summed E-state index contributed by atoms with van der Waals surface area (Å²) in [5.74, 6) is -1.20. The highest BCUT2D eigenvalue weighted by Gasteiger charge is 2.36. The molecule has 1 unspecified atom stereocenters. The van der Waals surface area contributed by atoms with E-state index in [1.165, 1.54) is 6.33 Å². The Bertz CT molecular complexity index is 493. The second-order valence-corrected chi connectivity index (χ2v) is 3.92. The van der Waals surface area contributed by atoms with Crippen molar-refractivity contribution in [2.24, 2.45) is 0 Å². The number of amides is 1. The molecular formula is C9H8ClN3O4. The highest BCUT2D eigenvalue weighted by Crippen LogP contribution is 2.26. The third kappa shape index (κ3) is 2.01. The monoisotopic (exact) mass is 257 g/mol. The molecule has 0 fully saturated rings. The average molecular weight is 258 g/mol. The van der Waals surface area contributed by atoms with Crippen molar-refractivity contribution in [1.29, 1.82) is 0 Å². The molecule has 2 heterocycles. The summed E-state index contributed by atoms with van der Waals surface area (Å²) in [5.41, 5.74) is 0.948. The number of carboxylic acids is 1. The van der Waals surface area contributed by atoms with E-state index in [0.29, 0.717) is 11.3 Å². The molecule has 8 heteroatoms. The fourth-order valence-electron chi connectivity index (χ4n) is 1.75. The van der Waals surface area contributed by atoms with E-state index in [1.807, 2.05) is 0 Å². The second-order valence-electron chi connectivity index (χ2n) is 3.56. The highest BCUT2D eigenvalue weighted by atomic mass is 35.5. The summed E-state index contributed by atoms with van der Waals surface area (Å²) < 4.78 is 0. The first-order valence-corrected chi connectivity index (χ1v) is 5.09. The summed E-state index contributed by atoms with van der Waals surface area (Å²) in [6.07, 6.45) is -0.0709. The molecule has 0 saturated carbocycles. The first-order valence-electron chi connectivity index (χ1n) is 4.71. The topological polar surface area (TPSA) is 104 Å². The molecule has 1 atom stereocenters. The molecule has 2 rings (SSSR count). The Morgan fingerprint density at radius 1 is 1.41 bits per heavy atom. The maximum atomic E-state index is 11.0. The van der Waals surface area contributed by atoms with Gasteiger partial charge in [-0.25, -0.2) is 19.6 Å². The van der Waals surface area contributed by atoms with Crippen molar-refractivity contribution < 1.29 is 19.8 Å². The molecular weight excluding hydrogens is 250 g/mol. The third-order valence-electron chi connectivity index (χ3n) is 2.60. The van der Waals surface area contributed by atoms with Gasteiger partial charge >= 0.3 is 12.1 Å². The van der Waals surface area contributed by atoms with Crippen molar-refractivity contribution in [2.75, 3.05) is 0 Å². The predicted molar refractivity (Wildman–Crippen MR) is 55.7 cm³/mol. The number of halogens is 1. The van der Waals surface area contributed by atoms with E-state index < -0.39 is 18.1 Å². The molecule has 1 aliphatic heterocycles. The fraction of sp³-hybridized carbons (Fsp3) is 0.333. The number of carbonyl (C=O) groups is 2. The van der Waals surface area contributed by atoms with Gasteiger partial charge in [-0.05, 0) is 0 Å². The van der Waals surface area contributed by atoms with Crippen LogP contribution in [0.4, 0.5) is 4.79 Å². The molecule has 0 spiro atoms. The van der Waals surface area contributed by atoms with Crippen molar-refractivity contribution in [1.82, 2.24) is 14.9 Å². The molecule has 2 N–H and O–H groups in total. The number of rotatable bonds is 1. The third-order valence-corrected chi connectivity index (χ3v) is 2.93. The van der Waals surface area contributed by atoms with E-state index in [-0.39, 0.29) is 18.1 Å². The smallest absolute Gasteiger partial charge is 0.408 e. The molecule has 1 amide bonds. The van der Waals surface area contributed by atoms with Crippen molar-refractivity contribution in [3.8, 4) is 0 Å². The Morgan fingerprint density at radius 3 is 2.71 bits per heavy atom. The Kier molecular flexibility index (Phi) is 2.84. The average Bonchev–Trinajstić information content (AvgIpc) is 2.27. The number of hydrogen-bond donors (Lipinski definition) is 2. The van der Waals surface area contributed by atoms with Gasteiger partial charge < -0.3 is 10.2 Å². The first kappa shape index (κ1) is 11.6. The zero-order valence-corrected chi connectivity index (χ0v) is 9.26. The summed E-state index contributed by atoms with van der Waals surface area (Å²) in [7, 11) is 0. The lowest BCUT2D eigenvalue weighted by molar-refractivity contribution is -0.143. The zero-order chi connectivity index (χ0) is 12.6. The minimum atomic E-state index is -1.30. The molecule has 1 aromatic heterocycles. The van der Waals surface area contributed by atoms with Crippen LogP contribution >= 0.6 is 11.6 Å². The largest absolute Gasteiger partial charge is 0.480 e. The summed E-state index contributed by atoms with van der Waals surface area (Å²) in [6, 6.07) is -1.13. The van der Waals surface area contributed by atoms with Gasteiger partial charge in [-0.3, -0.25) is 4.90 Å². The molecule has 90 valence electrons. The van der Waals surface area contributed by atoms with Gasteiger partial charge in [0.05, 0.1) is 12.2 Å². The Morgan fingerprint density at radius 2 is 2.12 bits per heavy atom. The normalized spacial score (nSPS) is 18.6. The van der Waals surface area contributed by atoms with Gasteiger partial charge in [-0.2, -0.15) is 0 Å². The van der Waals surface area contributed by atoms with Crippen molar-refractivity contribution in [3.63, 3.8) is 0 Å². The van der Waals surface area contributed by atoms with Gasteiger partial charge in [-0.1, -0.05) is 11.6 Å². The van der Waals surface area contributed by atoms with Crippen molar-refractivity contribution in [2.45, 2.75) is 19.0 Å². The molecule has 0 bridgehead atoms. The SMILES string of the molecule is O=C(O)C1Cc2ncnc(Cl)c2CN1C(=O)O. The van der Waals surface area contributed by atoms with E-state index in [2.05, 4.69) is 9.97 Å². The van der Waals surface area contributed by atoms with Crippen LogP contribution in [0, 0.1) is 0 Å². The van der Waals surface area contributed by atoms with Crippen LogP contribution in [0.2, 0.25) is 5.15 Å². The number of aromatic nitrogens is 2. The lowest BCUT2D eigenvalue weighted by atomic mass is 10.0. The van der Waals surface area contributed by atoms with E-state index in [0.717, 1.165) is 4.90 Å². The van der Waals surface area contributed by atoms with Crippen molar-refractivity contribution >= 4 is 23.7 Å². The first-order chi connectivity index (χ1) is 8.00. The lowest BCUT2D eigenvalue weighted by Crippen LogP contribution is -2.48. The standard InChI is InChI=1S/C9H8ClN3O4/c10-7-4-2-13(9(16)17)6(8(14)15)1-5(4)11-3-12-7/h3,6H,1-2H2,(H,14,15)(H,16,17). The van der Waals surface area contributed by atoms with E-state index in [1.54, 1.807) is 0 Å². The highest BCUT2D eigenvalue weighted by molar-refractivity contribution is 6.30. The summed E-state index contributed by atoms with van der Waals surface area (Å²) in [5, 5.41) is 18.1. The minimum absolute atomic E-state index is 0.000787. The van der Waals surface area contributed by atoms with Gasteiger partial charge in [0.25, 0.3) is 0 Å². The van der Waals surface area contributed by atoms with Gasteiger partial charge in [0.1, 0.15) is 17.5 Å². The Labute approximate surface area is 101 Å². The van der Waals surface area contributed by atoms with Crippen LogP contribution in [0.1, 0.15) is 11.3 Å². The van der Waals surface area contributed by atoms with E-state index in [9.17, 15) is 9.59 Å².